The molecule has 1 saturated heterocycles. The van der Waals surface area contributed by atoms with E-state index in [-0.39, 0.29) is 24.0 Å². The van der Waals surface area contributed by atoms with E-state index >= 15 is 0 Å². The third-order valence-corrected chi connectivity index (χ3v) is 5.14. The molecule has 5 nitrogen and oxygen atoms in total. The second-order valence-corrected chi connectivity index (χ2v) is 6.94. The first-order valence-corrected chi connectivity index (χ1v) is 8.98. The third kappa shape index (κ3) is 5.00. The maximum Gasteiger partial charge on any atom is 0.193 e. The Bertz CT molecular complexity index is 593. The molecule has 0 bridgehead atoms. The Morgan fingerprint density at radius 3 is 2.96 bits per heavy atom. The van der Waals surface area contributed by atoms with E-state index in [0.717, 1.165) is 38.7 Å². The van der Waals surface area contributed by atoms with Gasteiger partial charge in [0.25, 0.3) is 0 Å². The zero-order valence-corrected chi connectivity index (χ0v) is 18.0. The standard InChI is InChI=1S/C19H30N4O.HI/c1-20-19(23-10-8-16(13-23)14-24-3)21-12-15-6-7-18-17(11-15)5-4-9-22(18)2;/h6-7,11,16H,4-5,8-10,12-14H2,1-3H3,(H,20,21);1H. The number of aryl methyl sites for hydroxylation is 1. The van der Waals surface area contributed by atoms with Crippen molar-refractivity contribution in [1.29, 1.82) is 0 Å². The Morgan fingerprint density at radius 1 is 1.36 bits per heavy atom. The van der Waals surface area contributed by atoms with E-state index in [1.165, 1.54) is 36.1 Å². The van der Waals surface area contributed by atoms with Gasteiger partial charge in [-0.15, -0.1) is 24.0 Å². The predicted molar refractivity (Wildman–Crippen MR) is 115 cm³/mol. The van der Waals surface area contributed by atoms with E-state index in [4.69, 9.17) is 4.74 Å². The second kappa shape index (κ2) is 9.62. The maximum absolute atomic E-state index is 5.29. The topological polar surface area (TPSA) is 40.1 Å². The van der Waals surface area contributed by atoms with Gasteiger partial charge in [-0.1, -0.05) is 12.1 Å². The van der Waals surface area contributed by atoms with Crippen LogP contribution in [0.15, 0.2) is 23.2 Å². The van der Waals surface area contributed by atoms with E-state index in [1.54, 1.807) is 7.11 Å². The summed E-state index contributed by atoms with van der Waals surface area (Å²) in [6.07, 6.45) is 3.61. The highest BCUT2D eigenvalue weighted by Crippen LogP contribution is 2.26. The molecule has 0 aliphatic carbocycles. The van der Waals surface area contributed by atoms with Gasteiger partial charge in [0.1, 0.15) is 0 Å². The second-order valence-electron chi connectivity index (χ2n) is 6.94. The lowest BCUT2D eigenvalue weighted by molar-refractivity contribution is 0.157. The number of ether oxygens (including phenoxy) is 1. The molecule has 3 rings (SSSR count). The number of hydrogen-bond donors (Lipinski definition) is 1. The maximum atomic E-state index is 5.29. The summed E-state index contributed by atoms with van der Waals surface area (Å²) < 4.78 is 5.29. The monoisotopic (exact) mass is 458 g/mol. The average molecular weight is 458 g/mol. The summed E-state index contributed by atoms with van der Waals surface area (Å²) >= 11 is 0. The van der Waals surface area contributed by atoms with Crippen molar-refractivity contribution < 1.29 is 4.74 Å². The zero-order valence-electron chi connectivity index (χ0n) is 15.6. The highest BCUT2D eigenvalue weighted by molar-refractivity contribution is 14.0. The summed E-state index contributed by atoms with van der Waals surface area (Å²) in [6.45, 7) is 4.92. The third-order valence-electron chi connectivity index (χ3n) is 5.14. The predicted octanol–water partition coefficient (Wildman–Crippen LogP) is 2.73. The van der Waals surface area contributed by atoms with Gasteiger partial charge in [0.2, 0.25) is 0 Å². The largest absolute Gasteiger partial charge is 0.384 e. The van der Waals surface area contributed by atoms with Gasteiger partial charge in [0, 0.05) is 59.0 Å². The number of benzene rings is 1. The van der Waals surface area contributed by atoms with Crippen LogP contribution >= 0.6 is 24.0 Å². The molecule has 0 amide bonds. The Hall–Kier alpha value is -1.02. The first-order chi connectivity index (χ1) is 11.7. The van der Waals surface area contributed by atoms with Crippen LogP contribution < -0.4 is 10.2 Å². The molecule has 2 heterocycles. The lowest BCUT2D eigenvalue weighted by Crippen LogP contribution is -2.39. The molecule has 1 aromatic rings. The Balaban J connectivity index is 0.00000225. The molecular formula is C19H31IN4O. The first-order valence-electron chi connectivity index (χ1n) is 8.98. The van der Waals surface area contributed by atoms with Crippen LogP contribution in [0.2, 0.25) is 0 Å². The van der Waals surface area contributed by atoms with E-state index in [0.29, 0.717) is 5.92 Å². The van der Waals surface area contributed by atoms with Gasteiger partial charge in [-0.05, 0) is 36.5 Å². The molecule has 0 aromatic heterocycles. The normalized spacial score (nSPS) is 20.3. The molecule has 2 aliphatic heterocycles. The highest BCUT2D eigenvalue weighted by atomic mass is 127. The van der Waals surface area contributed by atoms with Crippen molar-refractivity contribution in [1.82, 2.24) is 10.2 Å². The number of rotatable bonds is 4. The van der Waals surface area contributed by atoms with Crippen molar-refractivity contribution in [2.45, 2.75) is 25.8 Å². The van der Waals surface area contributed by atoms with Crippen molar-refractivity contribution in [3.63, 3.8) is 0 Å². The Morgan fingerprint density at radius 2 is 2.20 bits per heavy atom. The zero-order chi connectivity index (χ0) is 16.9. The molecule has 140 valence electrons. The molecule has 0 spiro atoms. The lowest BCUT2D eigenvalue weighted by Gasteiger charge is -2.28. The fraction of sp³-hybridized carbons (Fsp3) is 0.632. The molecule has 1 unspecified atom stereocenters. The van der Waals surface area contributed by atoms with E-state index in [1.807, 2.05) is 7.05 Å². The SMILES string of the molecule is CN=C(NCc1ccc2c(c1)CCCN2C)N1CCC(COC)C1.I. The number of halogens is 1. The van der Waals surface area contributed by atoms with Crippen molar-refractivity contribution in [2.24, 2.45) is 10.9 Å². The minimum absolute atomic E-state index is 0. The smallest absolute Gasteiger partial charge is 0.193 e. The number of methoxy groups -OCH3 is 1. The van der Waals surface area contributed by atoms with Crippen LogP contribution in [-0.4, -0.2) is 58.3 Å². The molecule has 25 heavy (non-hydrogen) atoms. The number of nitrogens with one attached hydrogen (secondary N) is 1. The number of guanidine groups is 1. The van der Waals surface area contributed by atoms with Gasteiger partial charge in [0.05, 0.1) is 6.61 Å². The number of aliphatic imine (C=N–C) groups is 1. The molecule has 6 heteroatoms. The van der Waals surface area contributed by atoms with Crippen LogP contribution in [0.4, 0.5) is 5.69 Å². The molecular weight excluding hydrogens is 427 g/mol. The average Bonchev–Trinajstić information content (AvgIpc) is 3.04. The quantitative estimate of drug-likeness (QED) is 0.428. The summed E-state index contributed by atoms with van der Waals surface area (Å²) in [5.41, 5.74) is 4.19. The van der Waals surface area contributed by atoms with Crippen molar-refractivity contribution >= 4 is 35.6 Å². The van der Waals surface area contributed by atoms with Crippen molar-refractivity contribution in [2.75, 3.05) is 52.3 Å². The summed E-state index contributed by atoms with van der Waals surface area (Å²) in [4.78, 5) is 9.16. The number of nitrogens with zero attached hydrogens (tertiary/aromatic N) is 3. The fourth-order valence-electron chi connectivity index (χ4n) is 3.86. The van der Waals surface area contributed by atoms with Crippen LogP contribution in [0.25, 0.3) is 0 Å². The van der Waals surface area contributed by atoms with Crippen molar-refractivity contribution in [3.05, 3.63) is 29.3 Å². The van der Waals surface area contributed by atoms with Gasteiger partial charge < -0.3 is 19.9 Å². The number of hydrogen-bond acceptors (Lipinski definition) is 3. The minimum atomic E-state index is 0. The highest BCUT2D eigenvalue weighted by Gasteiger charge is 2.24. The number of anilines is 1. The van der Waals surface area contributed by atoms with Crippen LogP contribution in [0.3, 0.4) is 0 Å². The minimum Gasteiger partial charge on any atom is -0.384 e. The van der Waals surface area contributed by atoms with Gasteiger partial charge in [-0.2, -0.15) is 0 Å². The molecule has 1 aromatic carbocycles. The molecule has 1 N–H and O–H groups in total. The lowest BCUT2D eigenvalue weighted by atomic mass is 9.99. The number of fused-ring (bicyclic) bond motifs is 1. The van der Waals surface area contributed by atoms with Gasteiger partial charge in [0.15, 0.2) is 5.96 Å². The molecule has 1 atom stereocenters. The molecule has 0 saturated carbocycles. The number of likely N-dealkylation sites (tertiary alicyclic amines) is 1. The molecule has 1 fully saturated rings. The van der Waals surface area contributed by atoms with Gasteiger partial charge in [-0.3, -0.25) is 4.99 Å². The van der Waals surface area contributed by atoms with Crippen LogP contribution in [-0.2, 0) is 17.7 Å². The van der Waals surface area contributed by atoms with E-state index < -0.39 is 0 Å². The van der Waals surface area contributed by atoms with Gasteiger partial charge in [-0.25, -0.2) is 0 Å². The van der Waals surface area contributed by atoms with E-state index in [9.17, 15) is 0 Å². The summed E-state index contributed by atoms with van der Waals surface area (Å²) in [5, 5.41) is 3.53. The Labute approximate surface area is 168 Å². The summed E-state index contributed by atoms with van der Waals surface area (Å²) in [5.74, 6) is 1.62. The van der Waals surface area contributed by atoms with Crippen molar-refractivity contribution in [3.8, 4) is 0 Å². The molecule has 0 radical (unpaired) electrons. The summed E-state index contributed by atoms with van der Waals surface area (Å²) in [6, 6.07) is 6.85. The van der Waals surface area contributed by atoms with Crippen LogP contribution in [0.5, 0.6) is 0 Å². The van der Waals surface area contributed by atoms with Crippen LogP contribution in [0, 0.1) is 5.92 Å². The van der Waals surface area contributed by atoms with Crippen LogP contribution in [0.1, 0.15) is 24.0 Å². The van der Waals surface area contributed by atoms with Gasteiger partial charge >= 0.3 is 0 Å². The fourth-order valence-corrected chi connectivity index (χ4v) is 3.86. The summed E-state index contributed by atoms with van der Waals surface area (Å²) in [7, 11) is 5.83. The molecule has 2 aliphatic rings. The Kier molecular flexibility index (Phi) is 7.81. The first kappa shape index (κ1) is 20.3. The van der Waals surface area contributed by atoms with E-state index in [2.05, 4.69) is 45.4 Å².